The Hall–Kier alpha value is -2.48. The molecule has 0 radical (unpaired) electrons. The van der Waals surface area contributed by atoms with Gasteiger partial charge in [-0.1, -0.05) is 17.7 Å². The minimum absolute atomic E-state index is 0.0899. The lowest BCUT2D eigenvalue weighted by molar-refractivity contribution is -0.121. The average molecular weight is 433 g/mol. The van der Waals surface area contributed by atoms with Crippen molar-refractivity contribution in [3.63, 3.8) is 0 Å². The highest BCUT2D eigenvalue weighted by atomic mass is 35.5. The molecule has 1 saturated heterocycles. The van der Waals surface area contributed by atoms with Gasteiger partial charge in [-0.3, -0.25) is 19.4 Å². The first-order valence-corrected chi connectivity index (χ1v) is 10.3. The van der Waals surface area contributed by atoms with E-state index in [1.807, 2.05) is 6.92 Å². The molecule has 0 aliphatic carbocycles. The Morgan fingerprint density at radius 3 is 2.20 bits per heavy atom. The highest BCUT2D eigenvalue weighted by Crippen LogP contribution is 2.22. The number of amides is 2. The maximum atomic E-state index is 14.0. The third-order valence-electron chi connectivity index (χ3n) is 5.25. The van der Waals surface area contributed by atoms with Gasteiger partial charge >= 0.3 is 0 Å². The lowest BCUT2D eigenvalue weighted by atomic mass is 10.1. The van der Waals surface area contributed by atoms with Crippen molar-refractivity contribution in [2.45, 2.75) is 26.4 Å². The van der Waals surface area contributed by atoms with Crippen LogP contribution in [0.25, 0.3) is 0 Å². The van der Waals surface area contributed by atoms with Crippen molar-refractivity contribution >= 4 is 34.8 Å². The molecule has 2 aromatic rings. The number of piperazine rings is 1. The lowest BCUT2D eigenvalue weighted by Gasteiger charge is -2.37. The molecule has 0 saturated carbocycles. The smallest absolute Gasteiger partial charge is 0.241 e. The van der Waals surface area contributed by atoms with E-state index in [0.717, 1.165) is 13.1 Å². The van der Waals surface area contributed by atoms with Crippen LogP contribution in [0.2, 0.25) is 5.02 Å². The van der Waals surface area contributed by atoms with Crippen molar-refractivity contribution in [2.24, 2.45) is 0 Å². The van der Waals surface area contributed by atoms with Crippen LogP contribution < -0.4 is 10.6 Å². The van der Waals surface area contributed by atoms with E-state index in [1.54, 1.807) is 36.4 Å². The number of rotatable bonds is 6. The number of carbonyl (C=O) groups excluding carboxylic acids is 2. The van der Waals surface area contributed by atoms with Gasteiger partial charge in [-0.05, 0) is 43.3 Å². The van der Waals surface area contributed by atoms with Gasteiger partial charge in [0.1, 0.15) is 5.82 Å². The van der Waals surface area contributed by atoms with Crippen LogP contribution in [0.15, 0.2) is 42.5 Å². The fraction of sp³-hybridized carbons (Fsp3) is 0.364. The Balaban J connectivity index is 1.50. The molecule has 1 fully saturated rings. The predicted octanol–water partition coefficient (Wildman–Crippen LogP) is 3.58. The van der Waals surface area contributed by atoms with E-state index in [2.05, 4.69) is 20.4 Å². The molecule has 1 unspecified atom stereocenters. The summed E-state index contributed by atoms with van der Waals surface area (Å²) in [6.45, 7) is 6.67. The molecule has 30 heavy (non-hydrogen) atoms. The van der Waals surface area contributed by atoms with Crippen LogP contribution in [-0.4, -0.2) is 53.8 Å². The molecule has 160 valence electrons. The number of hydrogen-bond donors (Lipinski definition) is 2. The first-order valence-electron chi connectivity index (χ1n) is 9.91. The van der Waals surface area contributed by atoms with Crippen molar-refractivity contribution < 1.29 is 14.0 Å². The van der Waals surface area contributed by atoms with E-state index in [9.17, 15) is 14.0 Å². The summed E-state index contributed by atoms with van der Waals surface area (Å²) in [5, 5.41) is 6.04. The minimum Gasteiger partial charge on any atom is -0.326 e. The number of nitrogens with zero attached hydrogens (tertiary/aromatic N) is 2. The summed E-state index contributed by atoms with van der Waals surface area (Å²) in [6, 6.07) is 11.4. The highest BCUT2D eigenvalue weighted by molar-refractivity contribution is 6.31. The first kappa shape index (κ1) is 22.2. The van der Waals surface area contributed by atoms with Gasteiger partial charge in [0.2, 0.25) is 11.8 Å². The summed E-state index contributed by atoms with van der Waals surface area (Å²) >= 11 is 6.13. The molecule has 2 aromatic carbocycles. The van der Waals surface area contributed by atoms with Gasteiger partial charge in [0.15, 0.2) is 0 Å². The van der Waals surface area contributed by atoms with Gasteiger partial charge in [-0.2, -0.15) is 0 Å². The summed E-state index contributed by atoms with van der Waals surface area (Å²) in [7, 11) is 0. The maximum Gasteiger partial charge on any atom is 0.241 e. The molecule has 1 aliphatic rings. The van der Waals surface area contributed by atoms with E-state index in [1.165, 1.54) is 13.0 Å². The third-order valence-corrected chi connectivity index (χ3v) is 5.60. The summed E-state index contributed by atoms with van der Waals surface area (Å²) in [6.07, 6.45) is 0. The molecule has 1 atom stereocenters. The third kappa shape index (κ3) is 5.78. The maximum absolute atomic E-state index is 14.0. The van der Waals surface area contributed by atoms with Gasteiger partial charge in [-0.15, -0.1) is 0 Å². The van der Waals surface area contributed by atoms with Gasteiger partial charge in [0.25, 0.3) is 0 Å². The molecular weight excluding hydrogens is 407 g/mol. The average Bonchev–Trinajstić information content (AvgIpc) is 2.72. The highest BCUT2D eigenvalue weighted by Gasteiger charge is 2.26. The molecule has 6 nitrogen and oxygen atoms in total. The van der Waals surface area contributed by atoms with Gasteiger partial charge < -0.3 is 10.6 Å². The standard InChI is InChI=1S/C22H26ClFN4O2/c1-15(22(30)26-18-8-6-17(7-9-18)25-16(2)29)28-12-10-27(11-13-28)14-19-20(23)4-3-5-21(19)24/h3-9,15H,10-14H2,1-2H3,(H,25,29)(H,26,30). The second-order valence-electron chi connectivity index (χ2n) is 7.44. The van der Waals surface area contributed by atoms with Crippen LogP contribution in [0, 0.1) is 5.82 Å². The molecular formula is C22H26ClFN4O2. The van der Waals surface area contributed by atoms with Gasteiger partial charge in [0, 0.05) is 61.6 Å². The SMILES string of the molecule is CC(=O)Nc1ccc(NC(=O)C(C)N2CCN(Cc3c(F)cccc3Cl)CC2)cc1. The van der Waals surface area contributed by atoms with E-state index in [4.69, 9.17) is 11.6 Å². The Kier molecular flexibility index (Phi) is 7.42. The fourth-order valence-corrected chi connectivity index (χ4v) is 3.69. The molecule has 1 aliphatic heterocycles. The lowest BCUT2D eigenvalue weighted by Crippen LogP contribution is -2.52. The van der Waals surface area contributed by atoms with E-state index in [0.29, 0.717) is 41.6 Å². The van der Waals surface area contributed by atoms with Gasteiger partial charge in [-0.25, -0.2) is 4.39 Å². The fourth-order valence-electron chi connectivity index (χ4n) is 3.47. The van der Waals surface area contributed by atoms with Crippen LogP contribution in [-0.2, 0) is 16.1 Å². The largest absolute Gasteiger partial charge is 0.326 e. The molecule has 2 amide bonds. The summed E-state index contributed by atoms with van der Waals surface area (Å²) in [4.78, 5) is 28.0. The zero-order valence-corrected chi connectivity index (χ0v) is 17.9. The Morgan fingerprint density at radius 1 is 1.03 bits per heavy atom. The monoisotopic (exact) mass is 432 g/mol. The Bertz CT molecular complexity index is 878. The number of hydrogen-bond acceptors (Lipinski definition) is 4. The summed E-state index contributed by atoms with van der Waals surface area (Å²) in [5.74, 6) is -0.521. The van der Waals surface area contributed by atoms with Crippen LogP contribution in [0.5, 0.6) is 0 Å². The molecule has 2 N–H and O–H groups in total. The van der Waals surface area contributed by atoms with Gasteiger partial charge in [0.05, 0.1) is 6.04 Å². The topological polar surface area (TPSA) is 64.7 Å². The molecule has 1 heterocycles. The summed E-state index contributed by atoms with van der Waals surface area (Å²) < 4.78 is 14.0. The van der Waals surface area contributed by atoms with Crippen LogP contribution in [0.1, 0.15) is 19.4 Å². The van der Waals surface area contributed by atoms with E-state index in [-0.39, 0.29) is 23.7 Å². The molecule has 0 spiro atoms. The normalized spacial score (nSPS) is 16.1. The van der Waals surface area contributed by atoms with Crippen molar-refractivity contribution in [1.82, 2.24) is 9.80 Å². The summed E-state index contributed by atoms with van der Waals surface area (Å²) in [5.41, 5.74) is 1.87. The number of nitrogens with one attached hydrogen (secondary N) is 2. The molecule has 3 rings (SSSR count). The second-order valence-corrected chi connectivity index (χ2v) is 7.84. The number of benzene rings is 2. The van der Waals surface area contributed by atoms with E-state index < -0.39 is 0 Å². The minimum atomic E-state index is -0.292. The van der Waals surface area contributed by atoms with E-state index >= 15 is 0 Å². The Labute approximate surface area is 181 Å². The number of carbonyl (C=O) groups is 2. The molecule has 8 heteroatoms. The second kappa shape index (κ2) is 10.0. The van der Waals surface area contributed by atoms with Crippen LogP contribution in [0.4, 0.5) is 15.8 Å². The number of anilines is 2. The first-order chi connectivity index (χ1) is 14.3. The van der Waals surface area contributed by atoms with Crippen LogP contribution in [0.3, 0.4) is 0 Å². The van der Waals surface area contributed by atoms with Crippen molar-refractivity contribution in [1.29, 1.82) is 0 Å². The quantitative estimate of drug-likeness (QED) is 0.732. The van der Waals surface area contributed by atoms with Crippen molar-refractivity contribution in [3.05, 3.63) is 58.9 Å². The van der Waals surface area contributed by atoms with Crippen molar-refractivity contribution in [2.75, 3.05) is 36.8 Å². The zero-order valence-electron chi connectivity index (χ0n) is 17.1. The number of halogens is 2. The van der Waals surface area contributed by atoms with Crippen molar-refractivity contribution in [3.8, 4) is 0 Å². The predicted molar refractivity (Wildman–Crippen MR) is 117 cm³/mol. The molecule has 0 aromatic heterocycles. The Morgan fingerprint density at radius 2 is 1.63 bits per heavy atom. The molecule has 0 bridgehead atoms. The zero-order chi connectivity index (χ0) is 21.7. The van der Waals surface area contributed by atoms with Crippen LogP contribution >= 0.6 is 11.6 Å².